The highest BCUT2D eigenvalue weighted by atomic mass is 32.2. The fourth-order valence-corrected chi connectivity index (χ4v) is 4.25. The van der Waals surface area contributed by atoms with Crippen LogP contribution in [0.2, 0.25) is 0 Å². The number of methoxy groups -OCH3 is 2. The van der Waals surface area contributed by atoms with E-state index >= 15 is 0 Å². The minimum Gasteiger partial charge on any atom is -0.493 e. The topological polar surface area (TPSA) is 47.6 Å². The average Bonchev–Trinajstić information content (AvgIpc) is 2.81. The van der Waals surface area contributed by atoms with Crippen molar-refractivity contribution in [3.63, 3.8) is 0 Å². The summed E-state index contributed by atoms with van der Waals surface area (Å²) in [7, 11) is 3.22. The van der Waals surface area contributed by atoms with E-state index in [-0.39, 0.29) is 11.9 Å². The molecule has 4 nitrogen and oxygen atoms in total. The van der Waals surface area contributed by atoms with Crippen LogP contribution in [0, 0.1) is 0 Å². The fourth-order valence-electron chi connectivity index (χ4n) is 3.24. The number of hydrogen-bond donors (Lipinski definition) is 1. The van der Waals surface area contributed by atoms with Gasteiger partial charge in [-0.15, -0.1) is 11.8 Å². The molecule has 0 spiro atoms. The lowest BCUT2D eigenvalue weighted by Crippen LogP contribution is -2.28. The van der Waals surface area contributed by atoms with Crippen molar-refractivity contribution in [2.45, 2.75) is 30.0 Å². The molecule has 1 amide bonds. The highest BCUT2D eigenvalue weighted by Crippen LogP contribution is 2.32. The number of carbonyl (C=O) groups excluding carboxylic acids is 1. The summed E-state index contributed by atoms with van der Waals surface area (Å²) < 4.78 is 10.7. The molecule has 3 rings (SSSR count). The van der Waals surface area contributed by atoms with Crippen LogP contribution < -0.4 is 14.8 Å². The summed E-state index contributed by atoms with van der Waals surface area (Å²) in [5.41, 5.74) is 2.91. The molecule has 1 atom stereocenters. The number of amides is 1. The smallest absolute Gasteiger partial charge is 0.252 e. The van der Waals surface area contributed by atoms with Crippen LogP contribution in [0.5, 0.6) is 11.5 Å². The predicted octanol–water partition coefficient (Wildman–Crippen LogP) is 5.88. The Kier molecular flexibility index (Phi) is 7.80. The maximum absolute atomic E-state index is 13.1. The first-order valence-electron chi connectivity index (χ1n) is 9.94. The molecule has 3 aromatic carbocycles. The number of nitrogens with one attached hydrogen (secondary N) is 1. The van der Waals surface area contributed by atoms with Crippen LogP contribution in [-0.2, 0) is 5.75 Å². The van der Waals surface area contributed by atoms with Gasteiger partial charge < -0.3 is 14.8 Å². The standard InChI is InChI=1S/C25H27NO3S/c1-4-21(19-14-15-22(28-2)23(16-19)29-3)26-25(27)20-12-8-9-13-24(20)30-17-18-10-6-5-7-11-18/h5-16,21H,4,17H2,1-3H3,(H,26,27)/t21-/m1/s1. The number of ether oxygens (including phenoxy) is 2. The molecule has 0 aliphatic carbocycles. The molecule has 156 valence electrons. The van der Waals surface area contributed by atoms with Gasteiger partial charge >= 0.3 is 0 Å². The summed E-state index contributed by atoms with van der Waals surface area (Å²) in [6, 6.07) is 23.6. The van der Waals surface area contributed by atoms with Gasteiger partial charge in [0.2, 0.25) is 0 Å². The van der Waals surface area contributed by atoms with Gasteiger partial charge in [0.25, 0.3) is 5.91 Å². The van der Waals surface area contributed by atoms with E-state index in [1.807, 2.05) is 60.7 Å². The molecule has 0 fully saturated rings. The summed E-state index contributed by atoms with van der Waals surface area (Å²) in [6.07, 6.45) is 0.764. The minimum absolute atomic E-state index is 0.0761. The van der Waals surface area contributed by atoms with E-state index in [0.29, 0.717) is 17.1 Å². The van der Waals surface area contributed by atoms with Crippen molar-refractivity contribution in [3.8, 4) is 11.5 Å². The Morgan fingerprint density at radius 3 is 2.33 bits per heavy atom. The van der Waals surface area contributed by atoms with Crippen molar-refractivity contribution in [1.29, 1.82) is 0 Å². The van der Waals surface area contributed by atoms with E-state index in [9.17, 15) is 4.79 Å². The number of carbonyl (C=O) groups is 1. The van der Waals surface area contributed by atoms with Crippen molar-refractivity contribution in [3.05, 3.63) is 89.5 Å². The van der Waals surface area contributed by atoms with Gasteiger partial charge in [-0.1, -0.05) is 55.5 Å². The van der Waals surface area contributed by atoms with Crippen LogP contribution in [0.1, 0.15) is 40.9 Å². The van der Waals surface area contributed by atoms with Crippen molar-refractivity contribution >= 4 is 17.7 Å². The molecule has 0 radical (unpaired) electrons. The third-order valence-corrected chi connectivity index (χ3v) is 6.04. The van der Waals surface area contributed by atoms with Gasteiger partial charge in [0, 0.05) is 10.6 Å². The Morgan fingerprint density at radius 1 is 0.933 bits per heavy atom. The molecule has 0 saturated heterocycles. The third kappa shape index (κ3) is 5.36. The van der Waals surface area contributed by atoms with Crippen molar-refractivity contribution < 1.29 is 14.3 Å². The Morgan fingerprint density at radius 2 is 1.63 bits per heavy atom. The van der Waals surface area contributed by atoms with E-state index in [2.05, 4.69) is 24.4 Å². The minimum atomic E-state index is -0.121. The maximum atomic E-state index is 13.1. The summed E-state index contributed by atoms with van der Waals surface area (Å²) in [5, 5.41) is 3.18. The summed E-state index contributed by atoms with van der Waals surface area (Å²) in [6.45, 7) is 2.05. The molecule has 5 heteroatoms. The second-order valence-electron chi connectivity index (χ2n) is 6.82. The van der Waals surface area contributed by atoms with Gasteiger partial charge in [-0.05, 0) is 41.8 Å². The van der Waals surface area contributed by atoms with Crippen LogP contribution in [0.25, 0.3) is 0 Å². The Hall–Kier alpha value is -2.92. The van der Waals surface area contributed by atoms with Crippen LogP contribution in [-0.4, -0.2) is 20.1 Å². The molecule has 3 aromatic rings. The maximum Gasteiger partial charge on any atom is 0.252 e. The Bertz CT molecular complexity index is 975. The average molecular weight is 422 g/mol. The normalized spacial score (nSPS) is 11.6. The van der Waals surface area contributed by atoms with Crippen LogP contribution in [0.4, 0.5) is 0 Å². The number of thioether (sulfide) groups is 1. The number of benzene rings is 3. The van der Waals surface area contributed by atoms with E-state index in [4.69, 9.17) is 9.47 Å². The second-order valence-corrected chi connectivity index (χ2v) is 7.84. The molecular weight excluding hydrogens is 394 g/mol. The largest absolute Gasteiger partial charge is 0.493 e. The Balaban J connectivity index is 1.76. The van der Waals surface area contributed by atoms with E-state index < -0.39 is 0 Å². The van der Waals surface area contributed by atoms with Gasteiger partial charge in [-0.3, -0.25) is 4.79 Å². The molecule has 0 unspecified atom stereocenters. The van der Waals surface area contributed by atoms with E-state index in [1.165, 1.54) is 5.56 Å². The lowest BCUT2D eigenvalue weighted by Gasteiger charge is -2.20. The van der Waals surface area contributed by atoms with Gasteiger partial charge in [0.05, 0.1) is 25.8 Å². The first-order valence-corrected chi connectivity index (χ1v) is 10.9. The predicted molar refractivity (Wildman–Crippen MR) is 122 cm³/mol. The molecular formula is C25H27NO3S. The van der Waals surface area contributed by atoms with Gasteiger partial charge in [-0.25, -0.2) is 0 Å². The number of rotatable bonds is 9. The molecule has 0 aliphatic heterocycles. The van der Waals surface area contributed by atoms with Gasteiger partial charge in [0.1, 0.15) is 0 Å². The number of hydrogen-bond acceptors (Lipinski definition) is 4. The lowest BCUT2D eigenvalue weighted by molar-refractivity contribution is 0.0932. The summed E-state index contributed by atoms with van der Waals surface area (Å²) in [5.74, 6) is 2.07. The van der Waals surface area contributed by atoms with Gasteiger partial charge in [0.15, 0.2) is 11.5 Å². The van der Waals surface area contributed by atoms with E-state index in [1.54, 1.807) is 26.0 Å². The quantitative estimate of drug-likeness (QED) is 0.439. The fraction of sp³-hybridized carbons (Fsp3) is 0.240. The molecule has 1 N–H and O–H groups in total. The first kappa shape index (κ1) is 21.8. The summed E-state index contributed by atoms with van der Waals surface area (Å²) >= 11 is 1.67. The molecule has 0 saturated carbocycles. The Labute approximate surface area is 182 Å². The lowest BCUT2D eigenvalue weighted by atomic mass is 10.0. The van der Waals surface area contributed by atoms with Crippen LogP contribution >= 0.6 is 11.8 Å². The molecule has 0 heterocycles. The van der Waals surface area contributed by atoms with Crippen molar-refractivity contribution in [2.24, 2.45) is 0 Å². The molecule has 30 heavy (non-hydrogen) atoms. The van der Waals surface area contributed by atoms with Crippen LogP contribution in [0.3, 0.4) is 0 Å². The molecule has 0 bridgehead atoms. The summed E-state index contributed by atoms with van der Waals surface area (Å²) in [4.78, 5) is 14.1. The van der Waals surface area contributed by atoms with Crippen LogP contribution in [0.15, 0.2) is 77.7 Å². The molecule has 0 aromatic heterocycles. The highest BCUT2D eigenvalue weighted by Gasteiger charge is 2.18. The van der Waals surface area contributed by atoms with E-state index in [0.717, 1.165) is 22.6 Å². The van der Waals surface area contributed by atoms with Crippen molar-refractivity contribution in [1.82, 2.24) is 5.32 Å². The zero-order chi connectivity index (χ0) is 21.3. The molecule has 0 aliphatic rings. The van der Waals surface area contributed by atoms with Crippen molar-refractivity contribution in [2.75, 3.05) is 14.2 Å². The van der Waals surface area contributed by atoms with Gasteiger partial charge in [-0.2, -0.15) is 0 Å². The monoisotopic (exact) mass is 421 g/mol. The SMILES string of the molecule is CC[C@@H](NC(=O)c1ccccc1SCc1ccccc1)c1ccc(OC)c(OC)c1. The first-order chi connectivity index (χ1) is 14.7. The zero-order valence-corrected chi connectivity index (χ0v) is 18.4. The second kappa shape index (κ2) is 10.7. The highest BCUT2D eigenvalue weighted by molar-refractivity contribution is 7.98. The zero-order valence-electron chi connectivity index (χ0n) is 17.6. The third-order valence-electron chi connectivity index (χ3n) is 4.89.